The first-order valence-corrected chi connectivity index (χ1v) is 6.16. The molecule has 0 saturated carbocycles. The van der Waals surface area contributed by atoms with E-state index in [0.29, 0.717) is 18.7 Å². The van der Waals surface area contributed by atoms with Crippen molar-refractivity contribution in [2.45, 2.75) is 12.5 Å². The first kappa shape index (κ1) is 11.6. The van der Waals surface area contributed by atoms with Crippen LogP contribution in [0.15, 0.2) is 36.4 Å². The molecule has 96 valence electrons. The molecule has 1 aliphatic rings. The molecule has 1 aromatic carbocycles. The van der Waals surface area contributed by atoms with Gasteiger partial charge in [0.25, 0.3) is 5.91 Å². The Morgan fingerprint density at radius 3 is 2.89 bits per heavy atom. The fourth-order valence-electron chi connectivity index (χ4n) is 2.16. The number of rotatable bonds is 2. The Kier molecular flexibility index (Phi) is 2.87. The van der Waals surface area contributed by atoms with Gasteiger partial charge in [0.1, 0.15) is 5.69 Å². The molecule has 1 aromatic heterocycles. The number of pyridine rings is 1. The largest absolute Gasteiger partial charge is 0.354 e. The van der Waals surface area contributed by atoms with Crippen LogP contribution in [0.2, 0.25) is 0 Å². The lowest BCUT2D eigenvalue weighted by Gasteiger charge is -2.10. The number of aromatic nitrogens is 1. The summed E-state index contributed by atoms with van der Waals surface area (Å²) in [6.45, 7) is 0.484. The smallest absolute Gasteiger partial charge is 0.270 e. The normalized spacial score (nSPS) is 18.3. The highest BCUT2D eigenvalue weighted by Gasteiger charge is 2.23. The summed E-state index contributed by atoms with van der Waals surface area (Å²) in [5, 5.41) is 6.48. The molecule has 1 unspecified atom stereocenters. The zero-order valence-corrected chi connectivity index (χ0v) is 10.2. The van der Waals surface area contributed by atoms with E-state index in [1.807, 2.05) is 30.3 Å². The molecule has 0 aliphatic carbocycles. The quantitative estimate of drug-likeness (QED) is 0.835. The van der Waals surface area contributed by atoms with E-state index in [-0.39, 0.29) is 17.9 Å². The molecular formula is C14H13N3O2. The molecule has 2 aromatic rings. The van der Waals surface area contributed by atoms with Gasteiger partial charge in [-0.05, 0) is 12.1 Å². The van der Waals surface area contributed by atoms with Crippen molar-refractivity contribution >= 4 is 22.7 Å². The summed E-state index contributed by atoms with van der Waals surface area (Å²) in [7, 11) is 0. The number of para-hydroxylation sites is 1. The number of hydrogen-bond donors (Lipinski definition) is 2. The van der Waals surface area contributed by atoms with Crippen molar-refractivity contribution in [2.24, 2.45) is 0 Å². The average molecular weight is 255 g/mol. The van der Waals surface area contributed by atoms with Gasteiger partial charge in [-0.15, -0.1) is 0 Å². The van der Waals surface area contributed by atoms with Crippen molar-refractivity contribution < 1.29 is 9.59 Å². The van der Waals surface area contributed by atoms with Crippen LogP contribution in [0.25, 0.3) is 10.9 Å². The molecule has 19 heavy (non-hydrogen) atoms. The van der Waals surface area contributed by atoms with E-state index in [1.54, 1.807) is 6.07 Å². The highest BCUT2D eigenvalue weighted by molar-refractivity contribution is 5.95. The Hall–Kier alpha value is -2.43. The van der Waals surface area contributed by atoms with Crippen LogP contribution in [0.1, 0.15) is 16.9 Å². The van der Waals surface area contributed by atoms with E-state index >= 15 is 0 Å². The molecule has 3 rings (SSSR count). The van der Waals surface area contributed by atoms with Gasteiger partial charge in [-0.3, -0.25) is 9.59 Å². The second-order valence-electron chi connectivity index (χ2n) is 4.57. The summed E-state index contributed by atoms with van der Waals surface area (Å²) in [5.74, 6) is -0.274. The second kappa shape index (κ2) is 4.68. The number of amides is 2. The third-order valence-electron chi connectivity index (χ3n) is 3.14. The van der Waals surface area contributed by atoms with Gasteiger partial charge in [0.05, 0.1) is 11.6 Å². The lowest BCUT2D eigenvalue weighted by molar-refractivity contribution is -0.119. The Bertz CT molecular complexity index is 654. The molecule has 2 heterocycles. The number of benzene rings is 1. The van der Waals surface area contributed by atoms with Crippen molar-refractivity contribution in [3.05, 3.63) is 42.1 Å². The van der Waals surface area contributed by atoms with Gasteiger partial charge in [-0.25, -0.2) is 4.98 Å². The fourth-order valence-corrected chi connectivity index (χ4v) is 2.16. The maximum Gasteiger partial charge on any atom is 0.270 e. The predicted octanol–water partition coefficient (Wildman–Crippen LogP) is 0.853. The van der Waals surface area contributed by atoms with Crippen LogP contribution in [0.4, 0.5) is 0 Å². The van der Waals surface area contributed by atoms with Gasteiger partial charge < -0.3 is 10.6 Å². The summed E-state index contributed by atoms with van der Waals surface area (Å²) in [6.07, 6.45) is 0.333. The van der Waals surface area contributed by atoms with Gasteiger partial charge in [-0.2, -0.15) is 0 Å². The van der Waals surface area contributed by atoms with Crippen LogP contribution < -0.4 is 10.6 Å². The van der Waals surface area contributed by atoms with Crippen LogP contribution >= 0.6 is 0 Å². The van der Waals surface area contributed by atoms with Crippen LogP contribution in [0.3, 0.4) is 0 Å². The fraction of sp³-hybridized carbons (Fsp3) is 0.214. The average Bonchev–Trinajstić information content (AvgIpc) is 2.83. The minimum Gasteiger partial charge on any atom is -0.354 e. The number of nitrogens with zero attached hydrogens (tertiary/aromatic N) is 1. The number of nitrogens with one attached hydrogen (secondary N) is 2. The standard InChI is InChI=1S/C14H13N3O2/c18-13-7-10(8-15-13)16-14(19)12-6-5-9-3-1-2-4-11(9)17-12/h1-6,10H,7-8H2,(H,15,18)(H,16,19). The van der Waals surface area contributed by atoms with E-state index in [4.69, 9.17) is 0 Å². The molecule has 0 radical (unpaired) electrons. The Morgan fingerprint density at radius 1 is 1.26 bits per heavy atom. The third kappa shape index (κ3) is 2.40. The molecule has 5 nitrogen and oxygen atoms in total. The number of carbonyl (C=O) groups is 2. The molecule has 5 heteroatoms. The third-order valence-corrected chi connectivity index (χ3v) is 3.14. The molecule has 1 atom stereocenters. The zero-order valence-electron chi connectivity index (χ0n) is 10.2. The molecule has 0 spiro atoms. The van der Waals surface area contributed by atoms with Crippen molar-refractivity contribution in [1.82, 2.24) is 15.6 Å². The van der Waals surface area contributed by atoms with E-state index in [9.17, 15) is 9.59 Å². The topological polar surface area (TPSA) is 71.1 Å². The minimum absolute atomic E-state index is 0.0308. The van der Waals surface area contributed by atoms with E-state index in [1.165, 1.54) is 0 Å². The van der Waals surface area contributed by atoms with E-state index in [0.717, 1.165) is 10.9 Å². The van der Waals surface area contributed by atoms with Gasteiger partial charge in [0.15, 0.2) is 0 Å². The van der Waals surface area contributed by atoms with Crippen molar-refractivity contribution in [1.29, 1.82) is 0 Å². The Morgan fingerprint density at radius 2 is 2.11 bits per heavy atom. The number of fused-ring (bicyclic) bond motifs is 1. The monoisotopic (exact) mass is 255 g/mol. The lowest BCUT2D eigenvalue weighted by atomic mass is 10.2. The van der Waals surface area contributed by atoms with E-state index < -0.39 is 0 Å². The lowest BCUT2D eigenvalue weighted by Crippen LogP contribution is -2.36. The van der Waals surface area contributed by atoms with Crippen LogP contribution in [0, 0.1) is 0 Å². The number of carbonyl (C=O) groups excluding carboxylic acids is 2. The highest BCUT2D eigenvalue weighted by Crippen LogP contribution is 2.12. The molecule has 1 saturated heterocycles. The second-order valence-corrected chi connectivity index (χ2v) is 4.57. The molecule has 1 aliphatic heterocycles. The van der Waals surface area contributed by atoms with Crippen molar-refractivity contribution in [2.75, 3.05) is 6.54 Å². The van der Waals surface area contributed by atoms with Crippen molar-refractivity contribution in [3.8, 4) is 0 Å². The maximum absolute atomic E-state index is 12.0. The van der Waals surface area contributed by atoms with Crippen molar-refractivity contribution in [3.63, 3.8) is 0 Å². The molecule has 2 N–H and O–H groups in total. The molecule has 2 amide bonds. The number of hydrogen-bond acceptors (Lipinski definition) is 3. The molecule has 1 fully saturated rings. The highest BCUT2D eigenvalue weighted by atomic mass is 16.2. The van der Waals surface area contributed by atoms with E-state index in [2.05, 4.69) is 15.6 Å². The van der Waals surface area contributed by atoms with Gasteiger partial charge >= 0.3 is 0 Å². The first-order chi connectivity index (χ1) is 9.22. The predicted molar refractivity (Wildman–Crippen MR) is 70.6 cm³/mol. The summed E-state index contributed by atoms with van der Waals surface area (Å²) in [6, 6.07) is 11.1. The minimum atomic E-state index is -0.243. The summed E-state index contributed by atoms with van der Waals surface area (Å²) >= 11 is 0. The zero-order chi connectivity index (χ0) is 13.2. The SMILES string of the molecule is O=C1CC(NC(=O)c2ccc3ccccc3n2)CN1. The summed E-state index contributed by atoms with van der Waals surface area (Å²) in [5.41, 5.74) is 1.16. The molecule has 0 bridgehead atoms. The van der Waals surface area contributed by atoms with Crippen LogP contribution in [0.5, 0.6) is 0 Å². The van der Waals surface area contributed by atoms with Crippen LogP contribution in [-0.4, -0.2) is 29.4 Å². The van der Waals surface area contributed by atoms with Gasteiger partial charge in [0.2, 0.25) is 5.91 Å². The van der Waals surface area contributed by atoms with Gasteiger partial charge in [-0.1, -0.05) is 24.3 Å². The Labute approximate surface area is 110 Å². The summed E-state index contributed by atoms with van der Waals surface area (Å²) < 4.78 is 0. The first-order valence-electron chi connectivity index (χ1n) is 6.16. The maximum atomic E-state index is 12.0. The van der Waals surface area contributed by atoms with Gasteiger partial charge in [0, 0.05) is 18.4 Å². The summed E-state index contributed by atoms with van der Waals surface area (Å²) in [4.78, 5) is 27.4. The molecular weight excluding hydrogens is 242 g/mol. The van der Waals surface area contributed by atoms with Crippen LogP contribution in [-0.2, 0) is 4.79 Å². The Balaban J connectivity index is 1.79.